The second-order valence-corrected chi connectivity index (χ2v) is 6.85. The molecule has 1 aliphatic heterocycles. The van der Waals surface area contributed by atoms with Crippen molar-refractivity contribution in [1.29, 1.82) is 0 Å². The second-order valence-electron chi connectivity index (χ2n) is 6.85. The van der Waals surface area contributed by atoms with Crippen LogP contribution in [0, 0.1) is 5.92 Å². The molecular weight excluding hydrogens is 308 g/mol. The van der Waals surface area contributed by atoms with Crippen LogP contribution in [0.25, 0.3) is 0 Å². The average Bonchev–Trinajstić information content (AvgIpc) is 2.82. The predicted octanol–water partition coefficient (Wildman–Crippen LogP) is 1.83. The molecule has 1 fully saturated rings. The number of nitrogens with two attached hydrogens (primary N) is 1. The zero-order valence-corrected chi connectivity index (χ0v) is 14.8. The molecule has 2 amide bonds. The van der Waals surface area contributed by atoms with E-state index < -0.39 is 11.6 Å². The van der Waals surface area contributed by atoms with E-state index in [-0.39, 0.29) is 24.3 Å². The molecule has 7 heteroatoms. The summed E-state index contributed by atoms with van der Waals surface area (Å²) >= 11 is 0. The highest BCUT2D eigenvalue weighted by Crippen LogP contribution is 2.25. The van der Waals surface area contributed by atoms with Gasteiger partial charge in [-0.25, -0.2) is 4.79 Å². The first kappa shape index (κ1) is 18.4. The molecule has 0 bridgehead atoms. The van der Waals surface area contributed by atoms with Crippen LogP contribution in [-0.2, 0) is 9.53 Å². The SMILES string of the molecule is CCOC(=O)N=C(NC(=O)C1CCCCC1)C1=C(N)C(C)(C)NC1. The summed E-state index contributed by atoms with van der Waals surface area (Å²) in [7, 11) is 0. The molecule has 1 saturated carbocycles. The lowest BCUT2D eigenvalue weighted by Gasteiger charge is -2.22. The quantitative estimate of drug-likeness (QED) is 0.538. The van der Waals surface area contributed by atoms with Crippen LogP contribution in [-0.4, -0.2) is 36.5 Å². The molecule has 0 aromatic heterocycles. The maximum atomic E-state index is 12.5. The number of nitrogens with zero attached hydrogens (tertiary/aromatic N) is 1. The smallest absolute Gasteiger partial charge is 0.435 e. The lowest BCUT2D eigenvalue weighted by atomic mass is 9.88. The van der Waals surface area contributed by atoms with Gasteiger partial charge in [0.05, 0.1) is 12.1 Å². The third-order valence-corrected chi connectivity index (χ3v) is 4.68. The Hall–Kier alpha value is -1.89. The van der Waals surface area contributed by atoms with Crippen molar-refractivity contribution in [3.05, 3.63) is 11.3 Å². The highest BCUT2D eigenvalue weighted by Gasteiger charge is 2.33. The van der Waals surface area contributed by atoms with Gasteiger partial charge < -0.3 is 21.1 Å². The number of aliphatic imine (C=N–C) groups is 1. The topological polar surface area (TPSA) is 106 Å². The molecule has 0 radical (unpaired) electrons. The zero-order chi connectivity index (χ0) is 17.7. The Morgan fingerprint density at radius 1 is 1.33 bits per heavy atom. The van der Waals surface area contributed by atoms with Crippen molar-refractivity contribution in [1.82, 2.24) is 10.6 Å². The van der Waals surface area contributed by atoms with Gasteiger partial charge in [-0.1, -0.05) is 19.3 Å². The number of carbonyl (C=O) groups is 2. The summed E-state index contributed by atoms with van der Waals surface area (Å²) in [4.78, 5) is 28.3. The van der Waals surface area contributed by atoms with E-state index in [1.165, 1.54) is 6.42 Å². The second kappa shape index (κ2) is 7.79. The molecule has 0 aromatic rings. The summed E-state index contributed by atoms with van der Waals surface area (Å²) in [6.45, 7) is 6.27. The largest absolute Gasteiger partial charge is 0.448 e. The number of amides is 2. The zero-order valence-electron chi connectivity index (χ0n) is 14.8. The van der Waals surface area contributed by atoms with Gasteiger partial charge in [0.25, 0.3) is 0 Å². The summed E-state index contributed by atoms with van der Waals surface area (Å²) in [6, 6.07) is 0. The highest BCUT2D eigenvalue weighted by atomic mass is 16.5. The van der Waals surface area contributed by atoms with Crippen molar-refractivity contribution in [3.63, 3.8) is 0 Å². The normalized spacial score (nSPS) is 21.7. The van der Waals surface area contributed by atoms with Gasteiger partial charge in [0.15, 0.2) is 0 Å². The number of nitrogens with one attached hydrogen (secondary N) is 2. The highest BCUT2D eigenvalue weighted by molar-refractivity contribution is 6.12. The van der Waals surface area contributed by atoms with Crippen molar-refractivity contribution in [2.45, 2.75) is 58.4 Å². The molecule has 0 spiro atoms. The molecule has 4 N–H and O–H groups in total. The number of rotatable bonds is 3. The van der Waals surface area contributed by atoms with E-state index in [1.807, 2.05) is 13.8 Å². The van der Waals surface area contributed by atoms with Crippen LogP contribution in [0.4, 0.5) is 4.79 Å². The molecule has 0 aromatic carbocycles. The van der Waals surface area contributed by atoms with Crippen molar-refractivity contribution in [2.75, 3.05) is 13.2 Å². The van der Waals surface area contributed by atoms with Crippen molar-refractivity contribution >= 4 is 17.8 Å². The van der Waals surface area contributed by atoms with Crippen molar-refractivity contribution < 1.29 is 14.3 Å². The van der Waals surface area contributed by atoms with E-state index in [2.05, 4.69) is 15.6 Å². The Morgan fingerprint density at radius 3 is 2.54 bits per heavy atom. The molecule has 134 valence electrons. The van der Waals surface area contributed by atoms with Crippen molar-refractivity contribution in [2.24, 2.45) is 16.6 Å². The van der Waals surface area contributed by atoms with E-state index in [1.54, 1.807) is 6.92 Å². The predicted molar refractivity (Wildman–Crippen MR) is 92.5 cm³/mol. The van der Waals surface area contributed by atoms with E-state index in [9.17, 15) is 9.59 Å². The Kier molecular flexibility index (Phi) is 5.99. The van der Waals surface area contributed by atoms with E-state index in [0.29, 0.717) is 17.8 Å². The van der Waals surface area contributed by atoms with E-state index in [0.717, 1.165) is 25.7 Å². The molecule has 2 rings (SSSR count). The molecule has 1 aliphatic carbocycles. The molecule has 24 heavy (non-hydrogen) atoms. The summed E-state index contributed by atoms with van der Waals surface area (Å²) < 4.78 is 4.88. The van der Waals surface area contributed by atoms with E-state index >= 15 is 0 Å². The van der Waals surface area contributed by atoms with Crippen LogP contribution in [0.2, 0.25) is 0 Å². The molecule has 1 heterocycles. The van der Waals surface area contributed by atoms with Gasteiger partial charge in [0.1, 0.15) is 5.84 Å². The van der Waals surface area contributed by atoms with Gasteiger partial charge >= 0.3 is 6.09 Å². The minimum absolute atomic E-state index is 0.0321. The maximum Gasteiger partial charge on any atom is 0.435 e. The summed E-state index contributed by atoms with van der Waals surface area (Å²) in [6.07, 6.45) is 4.31. The minimum atomic E-state index is -0.721. The molecule has 0 unspecified atom stereocenters. The maximum absolute atomic E-state index is 12.5. The van der Waals surface area contributed by atoms with Crippen molar-refractivity contribution in [3.8, 4) is 0 Å². The van der Waals surface area contributed by atoms with Crippen LogP contribution in [0.1, 0.15) is 52.9 Å². The molecule has 0 saturated heterocycles. The number of carbonyl (C=O) groups excluding carboxylic acids is 2. The first-order valence-corrected chi connectivity index (χ1v) is 8.66. The number of ether oxygens (including phenoxy) is 1. The Bertz CT molecular complexity index is 560. The van der Waals surface area contributed by atoms with Crippen LogP contribution >= 0.6 is 0 Å². The van der Waals surface area contributed by atoms with Crippen LogP contribution in [0.3, 0.4) is 0 Å². The standard InChI is InChI=1S/C17H28N4O3/c1-4-24-16(23)21-14(12-10-19-17(2,3)13(12)18)20-15(22)11-8-6-5-7-9-11/h11,19H,4-10,18H2,1-3H3,(H,20,21,22,23). The lowest BCUT2D eigenvalue weighted by Crippen LogP contribution is -2.39. The van der Waals surface area contributed by atoms with Gasteiger partial charge in [-0.2, -0.15) is 4.99 Å². The third kappa shape index (κ3) is 4.35. The van der Waals surface area contributed by atoms with Crippen LogP contribution in [0.5, 0.6) is 0 Å². The van der Waals surface area contributed by atoms with Gasteiger partial charge in [-0.15, -0.1) is 0 Å². The van der Waals surface area contributed by atoms with Gasteiger partial charge in [0, 0.05) is 23.7 Å². The van der Waals surface area contributed by atoms with Gasteiger partial charge in [-0.05, 0) is 33.6 Å². The first-order valence-electron chi connectivity index (χ1n) is 8.66. The number of hydrogen-bond donors (Lipinski definition) is 3. The Balaban J connectivity index is 2.22. The van der Waals surface area contributed by atoms with Crippen LogP contribution in [0.15, 0.2) is 16.3 Å². The molecule has 7 nitrogen and oxygen atoms in total. The average molecular weight is 336 g/mol. The molecular formula is C17H28N4O3. The fourth-order valence-electron chi connectivity index (χ4n) is 3.09. The Labute approximate surface area is 143 Å². The first-order chi connectivity index (χ1) is 11.3. The molecule has 2 aliphatic rings. The fraction of sp³-hybridized carbons (Fsp3) is 0.706. The monoisotopic (exact) mass is 336 g/mol. The minimum Gasteiger partial charge on any atom is -0.448 e. The summed E-state index contributed by atoms with van der Waals surface area (Å²) in [5.41, 5.74) is 7.02. The van der Waals surface area contributed by atoms with Gasteiger partial charge in [0.2, 0.25) is 5.91 Å². The fourth-order valence-corrected chi connectivity index (χ4v) is 3.09. The molecule has 0 atom stereocenters. The number of hydrogen-bond acceptors (Lipinski definition) is 5. The Morgan fingerprint density at radius 2 is 2.00 bits per heavy atom. The summed E-state index contributed by atoms with van der Waals surface area (Å²) in [5, 5.41) is 6.07. The summed E-state index contributed by atoms with van der Waals surface area (Å²) in [5.74, 6) is 0.0812. The lowest BCUT2D eigenvalue weighted by molar-refractivity contribution is -0.124. The van der Waals surface area contributed by atoms with E-state index in [4.69, 9.17) is 10.5 Å². The third-order valence-electron chi connectivity index (χ3n) is 4.68. The number of amidine groups is 1. The van der Waals surface area contributed by atoms with Crippen LogP contribution < -0.4 is 16.4 Å². The van der Waals surface area contributed by atoms with Gasteiger partial charge in [-0.3, -0.25) is 4.79 Å².